The van der Waals surface area contributed by atoms with Gasteiger partial charge in [-0.05, 0) is 28.1 Å². The fourth-order valence-corrected chi connectivity index (χ4v) is 1.33. The lowest BCUT2D eigenvalue weighted by Gasteiger charge is -2.03. The normalized spacial score (nSPS) is 9.50. The number of carbonyl (C=O) groups is 1. The Bertz CT molecular complexity index is 289. The van der Waals surface area contributed by atoms with Crippen LogP contribution in [0.5, 0.6) is 5.75 Å². The second kappa shape index (κ2) is 3.58. The van der Waals surface area contributed by atoms with Crippen molar-refractivity contribution in [3.05, 3.63) is 28.2 Å². The minimum atomic E-state index is -0.556. The van der Waals surface area contributed by atoms with Gasteiger partial charge in [0.15, 0.2) is 0 Å². The zero-order valence-corrected chi connectivity index (χ0v) is 7.96. The average molecular weight is 231 g/mol. The average Bonchev–Trinajstić information content (AvgIpc) is 2.03. The van der Waals surface area contributed by atoms with Crippen LogP contribution in [0.1, 0.15) is 10.4 Å². The summed E-state index contributed by atoms with van der Waals surface area (Å²) >= 11 is 3.13. The molecule has 0 atom stereocenters. The van der Waals surface area contributed by atoms with Crippen LogP contribution in [0.3, 0.4) is 0 Å². The monoisotopic (exact) mass is 230 g/mol. The predicted molar refractivity (Wildman–Crippen MR) is 47.1 cm³/mol. The van der Waals surface area contributed by atoms with Crippen molar-refractivity contribution in [3.8, 4) is 5.75 Å². The van der Waals surface area contributed by atoms with Crippen LogP contribution in [-0.4, -0.2) is 18.2 Å². The Morgan fingerprint density at radius 2 is 2.25 bits per heavy atom. The van der Waals surface area contributed by atoms with Crippen LogP contribution < -0.4 is 0 Å². The van der Waals surface area contributed by atoms with Gasteiger partial charge in [-0.15, -0.1) is 0 Å². The molecule has 1 rings (SSSR count). The van der Waals surface area contributed by atoms with Crippen molar-refractivity contribution in [2.24, 2.45) is 0 Å². The van der Waals surface area contributed by atoms with Gasteiger partial charge in [0.1, 0.15) is 11.3 Å². The third kappa shape index (κ3) is 1.58. The molecule has 64 valence electrons. The van der Waals surface area contributed by atoms with Gasteiger partial charge in [0.25, 0.3) is 0 Å². The number of hydrogen-bond acceptors (Lipinski definition) is 3. The highest BCUT2D eigenvalue weighted by Gasteiger charge is 2.14. The largest absolute Gasteiger partial charge is 0.507 e. The number of benzene rings is 1. The van der Waals surface area contributed by atoms with Gasteiger partial charge in [-0.3, -0.25) is 0 Å². The minimum absolute atomic E-state index is 0.0868. The van der Waals surface area contributed by atoms with Crippen LogP contribution in [0.4, 0.5) is 0 Å². The molecule has 0 spiro atoms. The van der Waals surface area contributed by atoms with Crippen LogP contribution in [0.25, 0.3) is 0 Å². The molecular weight excluding hydrogens is 224 g/mol. The van der Waals surface area contributed by atoms with Crippen molar-refractivity contribution in [3.63, 3.8) is 0 Å². The summed E-state index contributed by atoms with van der Waals surface area (Å²) in [6.45, 7) is 0. The summed E-state index contributed by atoms with van der Waals surface area (Å²) in [5, 5.41) is 9.26. The Labute approximate surface area is 78.1 Å². The number of halogens is 1. The third-order valence-corrected chi connectivity index (χ3v) is 2.04. The molecule has 0 bridgehead atoms. The minimum Gasteiger partial charge on any atom is -0.507 e. The van der Waals surface area contributed by atoms with E-state index in [4.69, 9.17) is 0 Å². The summed E-state index contributed by atoms with van der Waals surface area (Å²) in [7, 11) is 1.27. The first-order chi connectivity index (χ1) is 5.66. The molecule has 1 N–H and O–H groups in total. The van der Waals surface area contributed by atoms with Crippen molar-refractivity contribution >= 4 is 21.9 Å². The summed E-state index contributed by atoms with van der Waals surface area (Å²) in [5.74, 6) is -0.642. The van der Waals surface area contributed by atoms with Crippen LogP contribution >= 0.6 is 15.9 Å². The number of phenolic OH excluding ortho intramolecular Hbond substituents is 1. The lowest BCUT2D eigenvalue weighted by molar-refractivity contribution is 0.0596. The Morgan fingerprint density at radius 3 is 2.75 bits per heavy atom. The standard InChI is InChI=1S/C8H7BrO3/c1-12-8(11)7-5(9)3-2-4-6(7)10/h2-4,10H,1H3. The maximum atomic E-state index is 11.0. The zero-order valence-electron chi connectivity index (χ0n) is 6.37. The molecule has 0 amide bonds. The van der Waals surface area contributed by atoms with Crippen LogP contribution in [0.15, 0.2) is 22.7 Å². The van der Waals surface area contributed by atoms with E-state index in [1.54, 1.807) is 12.1 Å². The lowest BCUT2D eigenvalue weighted by Crippen LogP contribution is -2.02. The van der Waals surface area contributed by atoms with Gasteiger partial charge in [-0.2, -0.15) is 0 Å². The van der Waals surface area contributed by atoms with E-state index in [0.717, 1.165) is 0 Å². The second-order valence-corrected chi connectivity index (χ2v) is 2.98. The van der Waals surface area contributed by atoms with Crippen molar-refractivity contribution in [1.29, 1.82) is 0 Å². The van der Waals surface area contributed by atoms with Gasteiger partial charge in [0, 0.05) is 4.47 Å². The van der Waals surface area contributed by atoms with E-state index in [1.165, 1.54) is 13.2 Å². The second-order valence-electron chi connectivity index (χ2n) is 2.13. The third-order valence-electron chi connectivity index (χ3n) is 1.38. The maximum absolute atomic E-state index is 11.0. The van der Waals surface area contributed by atoms with Gasteiger partial charge in [-0.1, -0.05) is 6.07 Å². The summed E-state index contributed by atoms with van der Waals surface area (Å²) in [6.07, 6.45) is 0. The topological polar surface area (TPSA) is 46.5 Å². The Morgan fingerprint density at radius 1 is 1.58 bits per heavy atom. The van der Waals surface area contributed by atoms with Gasteiger partial charge in [0.2, 0.25) is 0 Å². The lowest BCUT2D eigenvalue weighted by atomic mass is 10.2. The number of ether oxygens (including phenoxy) is 1. The molecule has 1 aromatic rings. The Hall–Kier alpha value is -1.03. The summed E-state index contributed by atoms with van der Waals surface area (Å²) < 4.78 is 4.99. The number of methoxy groups -OCH3 is 1. The molecule has 3 nitrogen and oxygen atoms in total. The van der Waals surface area contributed by atoms with E-state index < -0.39 is 5.97 Å². The van der Waals surface area contributed by atoms with Gasteiger partial charge in [0.05, 0.1) is 7.11 Å². The molecule has 0 aromatic heterocycles. The molecule has 0 unspecified atom stereocenters. The van der Waals surface area contributed by atoms with Gasteiger partial charge < -0.3 is 9.84 Å². The van der Waals surface area contributed by atoms with Gasteiger partial charge >= 0.3 is 5.97 Å². The molecule has 4 heteroatoms. The highest BCUT2D eigenvalue weighted by molar-refractivity contribution is 9.10. The Kier molecular flexibility index (Phi) is 2.70. The molecular formula is C8H7BrO3. The highest BCUT2D eigenvalue weighted by Crippen LogP contribution is 2.25. The van der Waals surface area contributed by atoms with Crippen molar-refractivity contribution in [2.45, 2.75) is 0 Å². The highest BCUT2D eigenvalue weighted by atomic mass is 79.9. The zero-order chi connectivity index (χ0) is 9.14. The first-order valence-electron chi connectivity index (χ1n) is 3.22. The molecule has 1 aromatic carbocycles. The van der Waals surface area contributed by atoms with E-state index >= 15 is 0 Å². The summed E-state index contributed by atoms with van der Waals surface area (Å²) in [6, 6.07) is 4.72. The molecule has 0 saturated carbocycles. The van der Waals surface area contributed by atoms with Crippen molar-refractivity contribution in [1.82, 2.24) is 0 Å². The number of esters is 1. The first-order valence-corrected chi connectivity index (χ1v) is 4.02. The first kappa shape index (κ1) is 9.06. The molecule has 0 fully saturated rings. The predicted octanol–water partition coefficient (Wildman–Crippen LogP) is 1.94. The molecule has 0 saturated heterocycles. The molecule has 0 aliphatic rings. The number of phenols is 1. The summed E-state index contributed by atoms with van der Waals surface area (Å²) in [5.41, 5.74) is 0.153. The molecule has 0 aliphatic carbocycles. The number of carbonyl (C=O) groups excluding carboxylic acids is 1. The number of rotatable bonds is 1. The molecule has 0 aliphatic heterocycles. The van der Waals surface area contributed by atoms with E-state index in [-0.39, 0.29) is 11.3 Å². The van der Waals surface area contributed by atoms with Gasteiger partial charge in [-0.25, -0.2) is 4.79 Å². The van der Waals surface area contributed by atoms with E-state index in [2.05, 4.69) is 20.7 Å². The Balaban J connectivity index is 3.21. The van der Waals surface area contributed by atoms with Crippen LogP contribution in [-0.2, 0) is 4.74 Å². The van der Waals surface area contributed by atoms with E-state index in [1.807, 2.05) is 0 Å². The van der Waals surface area contributed by atoms with E-state index in [9.17, 15) is 9.90 Å². The van der Waals surface area contributed by atoms with Crippen molar-refractivity contribution < 1.29 is 14.6 Å². The molecule has 12 heavy (non-hydrogen) atoms. The summed E-state index contributed by atoms with van der Waals surface area (Å²) in [4.78, 5) is 11.0. The van der Waals surface area contributed by atoms with Crippen LogP contribution in [0, 0.1) is 0 Å². The van der Waals surface area contributed by atoms with Crippen molar-refractivity contribution in [2.75, 3.05) is 7.11 Å². The van der Waals surface area contributed by atoms with E-state index in [0.29, 0.717) is 4.47 Å². The molecule has 0 heterocycles. The SMILES string of the molecule is COC(=O)c1c(O)cccc1Br. The smallest absolute Gasteiger partial charge is 0.342 e. The van der Waals surface area contributed by atoms with Crippen LogP contribution in [0.2, 0.25) is 0 Å². The number of hydrogen-bond donors (Lipinski definition) is 1. The quantitative estimate of drug-likeness (QED) is 0.751. The fraction of sp³-hybridized carbons (Fsp3) is 0.125. The maximum Gasteiger partial charge on any atom is 0.342 e. The fourth-order valence-electron chi connectivity index (χ4n) is 0.817. The number of aromatic hydroxyl groups is 1. The molecule has 0 radical (unpaired) electrons.